The van der Waals surface area contributed by atoms with Crippen LogP contribution in [-0.2, 0) is 6.54 Å². The van der Waals surface area contributed by atoms with Crippen molar-refractivity contribution < 1.29 is 14.3 Å². The molecule has 6 heteroatoms. The molecule has 2 amide bonds. The van der Waals surface area contributed by atoms with Crippen LogP contribution in [0.3, 0.4) is 0 Å². The van der Waals surface area contributed by atoms with Crippen LogP contribution in [0, 0.1) is 0 Å². The van der Waals surface area contributed by atoms with Crippen molar-refractivity contribution in [2.45, 2.75) is 12.6 Å². The molecule has 1 saturated heterocycles. The van der Waals surface area contributed by atoms with Crippen LogP contribution in [0.15, 0.2) is 48.5 Å². The lowest BCUT2D eigenvalue weighted by molar-refractivity contribution is 0.188. The van der Waals surface area contributed by atoms with E-state index in [4.69, 9.17) is 15.2 Å². The molecule has 6 nitrogen and oxygen atoms in total. The average molecular weight is 355 g/mol. The molecule has 26 heavy (non-hydrogen) atoms. The maximum atomic E-state index is 12.7. The maximum Gasteiger partial charge on any atom is 0.320 e. The van der Waals surface area contributed by atoms with E-state index in [9.17, 15) is 4.79 Å². The molecule has 0 aromatic heterocycles. The summed E-state index contributed by atoms with van der Waals surface area (Å²) >= 11 is 0. The molecule has 2 aromatic rings. The van der Waals surface area contributed by atoms with Crippen molar-refractivity contribution in [2.75, 3.05) is 33.9 Å². The van der Waals surface area contributed by atoms with Gasteiger partial charge in [-0.05, 0) is 23.3 Å². The average Bonchev–Trinajstić information content (AvgIpc) is 3.01. The minimum atomic E-state index is -0.282. The van der Waals surface area contributed by atoms with Crippen LogP contribution < -0.4 is 15.2 Å². The minimum Gasteiger partial charge on any atom is -0.493 e. The van der Waals surface area contributed by atoms with E-state index in [1.807, 2.05) is 58.3 Å². The summed E-state index contributed by atoms with van der Waals surface area (Å²) in [6.45, 7) is 2.50. The van der Waals surface area contributed by atoms with E-state index < -0.39 is 0 Å². The van der Waals surface area contributed by atoms with Crippen LogP contribution in [0.5, 0.6) is 11.5 Å². The second-order valence-electron chi connectivity index (χ2n) is 6.36. The number of urea groups is 1. The molecule has 2 aromatic carbocycles. The van der Waals surface area contributed by atoms with Crippen molar-refractivity contribution in [3.8, 4) is 11.5 Å². The van der Waals surface area contributed by atoms with Gasteiger partial charge in [0, 0.05) is 32.2 Å². The second-order valence-corrected chi connectivity index (χ2v) is 6.36. The van der Waals surface area contributed by atoms with Crippen molar-refractivity contribution >= 4 is 6.03 Å². The number of ether oxygens (including phenoxy) is 2. The zero-order chi connectivity index (χ0) is 18.5. The normalized spacial score (nSPS) is 15.3. The van der Waals surface area contributed by atoms with E-state index in [2.05, 4.69) is 0 Å². The van der Waals surface area contributed by atoms with Crippen LogP contribution in [0.1, 0.15) is 17.2 Å². The Morgan fingerprint density at radius 3 is 2.38 bits per heavy atom. The van der Waals surface area contributed by atoms with Crippen LogP contribution in [0.25, 0.3) is 0 Å². The van der Waals surface area contributed by atoms with Gasteiger partial charge >= 0.3 is 6.03 Å². The van der Waals surface area contributed by atoms with E-state index in [0.717, 1.165) is 11.1 Å². The van der Waals surface area contributed by atoms with Gasteiger partial charge in [-0.1, -0.05) is 36.4 Å². The predicted octanol–water partition coefficient (Wildman–Crippen LogP) is 2.64. The van der Waals surface area contributed by atoms with E-state index >= 15 is 0 Å². The van der Waals surface area contributed by atoms with Gasteiger partial charge in [-0.15, -0.1) is 0 Å². The summed E-state index contributed by atoms with van der Waals surface area (Å²) in [6, 6.07) is 15.4. The number of rotatable bonds is 7. The topological polar surface area (TPSA) is 68.0 Å². The highest BCUT2D eigenvalue weighted by Gasteiger charge is 2.29. The zero-order valence-corrected chi connectivity index (χ0v) is 15.2. The number of benzene rings is 2. The van der Waals surface area contributed by atoms with Crippen LogP contribution in [-0.4, -0.2) is 49.7 Å². The van der Waals surface area contributed by atoms with Gasteiger partial charge in [0.2, 0.25) is 0 Å². The van der Waals surface area contributed by atoms with Crippen LogP contribution >= 0.6 is 0 Å². The van der Waals surface area contributed by atoms with Gasteiger partial charge in [0.25, 0.3) is 0 Å². The molecule has 2 N–H and O–H groups in total. The van der Waals surface area contributed by atoms with E-state index in [1.54, 1.807) is 14.2 Å². The molecule has 3 rings (SSSR count). The number of hydrogen-bond acceptors (Lipinski definition) is 4. The molecule has 0 radical (unpaired) electrons. The molecule has 0 aliphatic carbocycles. The number of methoxy groups -OCH3 is 2. The highest BCUT2D eigenvalue weighted by Crippen LogP contribution is 2.30. The summed E-state index contributed by atoms with van der Waals surface area (Å²) < 4.78 is 10.6. The monoisotopic (exact) mass is 355 g/mol. The van der Waals surface area contributed by atoms with Gasteiger partial charge in [-0.2, -0.15) is 0 Å². The summed E-state index contributed by atoms with van der Waals surface area (Å²) in [4.78, 5) is 16.3. The molecule has 1 aliphatic rings. The van der Waals surface area contributed by atoms with Crippen molar-refractivity contribution in [3.63, 3.8) is 0 Å². The Hall–Kier alpha value is -2.73. The maximum absolute atomic E-state index is 12.7. The minimum absolute atomic E-state index is 0.0322. The first-order valence-corrected chi connectivity index (χ1v) is 8.67. The van der Waals surface area contributed by atoms with Gasteiger partial charge in [0.15, 0.2) is 11.5 Å². The predicted molar refractivity (Wildman–Crippen MR) is 100 cm³/mol. The molecule has 0 bridgehead atoms. The SMILES string of the molecule is COc1ccc(C(N)CN2CCN(Cc3ccccc3)C2=O)cc1OC. The Kier molecular flexibility index (Phi) is 5.63. The van der Waals surface area contributed by atoms with Gasteiger partial charge in [0.05, 0.1) is 14.2 Å². The molecule has 1 fully saturated rings. The Labute approximate surface area is 154 Å². The smallest absolute Gasteiger partial charge is 0.320 e. The van der Waals surface area contributed by atoms with Crippen molar-refractivity contribution in [1.29, 1.82) is 0 Å². The molecule has 1 unspecified atom stereocenters. The molecule has 0 saturated carbocycles. The lowest BCUT2D eigenvalue weighted by atomic mass is 10.1. The first-order valence-electron chi connectivity index (χ1n) is 8.67. The second kappa shape index (κ2) is 8.10. The van der Waals surface area contributed by atoms with Gasteiger partial charge < -0.3 is 25.0 Å². The zero-order valence-electron chi connectivity index (χ0n) is 15.2. The van der Waals surface area contributed by atoms with Crippen molar-refractivity contribution in [3.05, 3.63) is 59.7 Å². The Balaban J connectivity index is 1.63. The first kappa shape index (κ1) is 18.1. The van der Waals surface area contributed by atoms with Gasteiger partial charge in [-0.3, -0.25) is 0 Å². The third-order valence-corrected chi connectivity index (χ3v) is 4.65. The standard InChI is InChI=1S/C20H25N3O3/c1-25-18-9-8-16(12-19(18)26-2)17(21)14-23-11-10-22(20(23)24)13-15-6-4-3-5-7-15/h3-9,12,17H,10-11,13-14,21H2,1-2H3. The van der Waals surface area contributed by atoms with Gasteiger partial charge in [0.1, 0.15) is 0 Å². The fraction of sp³-hybridized carbons (Fsp3) is 0.350. The van der Waals surface area contributed by atoms with Gasteiger partial charge in [-0.25, -0.2) is 4.79 Å². The Bertz CT molecular complexity index is 751. The highest BCUT2D eigenvalue weighted by molar-refractivity contribution is 5.76. The third kappa shape index (κ3) is 3.91. The van der Waals surface area contributed by atoms with Crippen LogP contribution in [0.2, 0.25) is 0 Å². The van der Waals surface area contributed by atoms with Crippen molar-refractivity contribution in [2.24, 2.45) is 5.73 Å². The fourth-order valence-corrected chi connectivity index (χ4v) is 3.18. The van der Waals surface area contributed by atoms with E-state index in [-0.39, 0.29) is 12.1 Å². The lowest BCUT2D eigenvalue weighted by Crippen LogP contribution is -2.36. The summed E-state index contributed by atoms with van der Waals surface area (Å²) in [6.07, 6.45) is 0. The summed E-state index contributed by atoms with van der Waals surface area (Å²) in [5, 5.41) is 0. The first-order chi connectivity index (χ1) is 12.6. The molecular formula is C20H25N3O3. The molecule has 138 valence electrons. The molecular weight excluding hydrogens is 330 g/mol. The number of nitrogens with two attached hydrogens (primary N) is 1. The number of carbonyl (C=O) groups excluding carboxylic acids is 1. The summed E-state index contributed by atoms with van der Waals surface area (Å²) in [7, 11) is 3.19. The molecule has 0 spiro atoms. The number of hydrogen-bond donors (Lipinski definition) is 1. The Morgan fingerprint density at radius 2 is 1.69 bits per heavy atom. The number of amides is 2. The number of nitrogens with zero attached hydrogens (tertiary/aromatic N) is 2. The summed E-state index contributed by atoms with van der Waals surface area (Å²) in [5.41, 5.74) is 8.39. The number of carbonyl (C=O) groups is 1. The largest absolute Gasteiger partial charge is 0.493 e. The molecule has 1 atom stereocenters. The molecule has 1 heterocycles. The summed E-state index contributed by atoms with van der Waals surface area (Å²) in [5.74, 6) is 1.30. The van der Waals surface area contributed by atoms with E-state index in [0.29, 0.717) is 37.7 Å². The Morgan fingerprint density at radius 1 is 1.00 bits per heavy atom. The van der Waals surface area contributed by atoms with E-state index in [1.165, 1.54) is 0 Å². The van der Waals surface area contributed by atoms with Crippen LogP contribution in [0.4, 0.5) is 4.79 Å². The quantitative estimate of drug-likeness (QED) is 0.829. The fourth-order valence-electron chi connectivity index (χ4n) is 3.18. The third-order valence-electron chi connectivity index (χ3n) is 4.65. The molecule has 1 aliphatic heterocycles. The highest BCUT2D eigenvalue weighted by atomic mass is 16.5. The lowest BCUT2D eigenvalue weighted by Gasteiger charge is -2.22. The van der Waals surface area contributed by atoms with Crippen molar-refractivity contribution in [1.82, 2.24) is 9.80 Å².